The van der Waals surface area contributed by atoms with Crippen molar-refractivity contribution in [3.05, 3.63) is 32.6 Å². The average molecular weight is 276 g/mol. The molecule has 8 nitrogen and oxygen atoms in total. The molecule has 0 bridgehead atoms. The number of nitrogens with one attached hydrogen (secondary N) is 1. The highest BCUT2D eigenvalue weighted by atomic mass is 19.2. The summed E-state index contributed by atoms with van der Waals surface area (Å²) in [5.74, 6) is -3.36. The molecule has 2 rings (SSSR count). The predicted octanol–water partition coefficient (Wildman–Crippen LogP) is -2.25. The number of H-pyrrole nitrogens is 1. The summed E-state index contributed by atoms with van der Waals surface area (Å²) in [5.41, 5.74) is -1.76. The lowest BCUT2D eigenvalue weighted by molar-refractivity contribution is -0.197. The minimum Gasteiger partial charge on any atom is -0.394 e. The van der Waals surface area contributed by atoms with Crippen molar-refractivity contribution in [3.8, 4) is 0 Å². The molecule has 9 heteroatoms. The molecule has 1 fully saturated rings. The molecule has 1 aliphatic rings. The Hall–Kier alpha value is -1.55. The van der Waals surface area contributed by atoms with Gasteiger partial charge in [0, 0.05) is 11.8 Å². The van der Waals surface area contributed by atoms with Crippen LogP contribution in [-0.2, 0) is 4.74 Å². The minimum atomic E-state index is -3.36. The second-order valence-corrected chi connectivity index (χ2v) is 4.33. The number of rotatable bonds is 2. The van der Waals surface area contributed by atoms with E-state index < -0.39 is 42.1 Å². The fourth-order valence-electron chi connectivity index (χ4n) is 1.92. The van der Waals surface area contributed by atoms with Crippen molar-refractivity contribution in [2.24, 2.45) is 0 Å². The number of alkyl halides is 1. The summed E-state index contributed by atoms with van der Waals surface area (Å²) >= 11 is 0. The van der Waals surface area contributed by atoms with Crippen molar-refractivity contribution >= 4 is 0 Å². The van der Waals surface area contributed by atoms with Gasteiger partial charge in [-0.3, -0.25) is 4.79 Å². The normalized spacial score (nSPS) is 34.7. The molecule has 19 heavy (non-hydrogen) atoms. The Morgan fingerprint density at radius 2 is 2.21 bits per heavy atom. The van der Waals surface area contributed by atoms with Crippen LogP contribution in [0.25, 0.3) is 0 Å². The average Bonchev–Trinajstić information content (AvgIpc) is 2.58. The summed E-state index contributed by atoms with van der Waals surface area (Å²) in [5, 5.41) is 27.9. The van der Waals surface area contributed by atoms with E-state index >= 15 is 0 Å². The Bertz CT molecular complexity index is 594. The zero-order chi connectivity index (χ0) is 14.4. The van der Waals surface area contributed by atoms with Gasteiger partial charge in [-0.05, 0) is 6.92 Å². The van der Waals surface area contributed by atoms with Crippen molar-refractivity contribution < 1.29 is 24.4 Å². The first-order valence-electron chi connectivity index (χ1n) is 5.47. The van der Waals surface area contributed by atoms with Gasteiger partial charge in [0.15, 0.2) is 0 Å². The van der Waals surface area contributed by atoms with Gasteiger partial charge >= 0.3 is 5.69 Å². The van der Waals surface area contributed by atoms with Crippen LogP contribution in [0.4, 0.5) is 4.39 Å². The number of aliphatic hydroxyl groups is 3. The number of aliphatic hydroxyl groups excluding tert-OH is 2. The molecular weight excluding hydrogens is 263 g/mol. The second kappa shape index (κ2) is 4.53. The first-order chi connectivity index (χ1) is 8.80. The van der Waals surface area contributed by atoms with E-state index in [1.165, 1.54) is 6.92 Å². The molecule has 1 aliphatic heterocycles. The van der Waals surface area contributed by atoms with Gasteiger partial charge in [0.05, 0.1) is 6.61 Å². The third-order valence-corrected chi connectivity index (χ3v) is 3.02. The SMILES string of the molecule is Cc1c[nH]c(=O)n(C2O[C@@H](CO)[C@H](O)[C@]2(O)F)c1=O. The number of aromatic amines is 1. The van der Waals surface area contributed by atoms with Crippen LogP contribution in [-0.4, -0.2) is 49.5 Å². The molecule has 1 aromatic rings. The number of ether oxygens (including phenoxy) is 1. The van der Waals surface area contributed by atoms with Gasteiger partial charge in [-0.15, -0.1) is 0 Å². The number of hydrogen-bond acceptors (Lipinski definition) is 6. The minimum absolute atomic E-state index is 0.0981. The molecule has 106 valence electrons. The summed E-state index contributed by atoms with van der Waals surface area (Å²) in [6.45, 7) is 0.601. The standard InChI is InChI=1S/C10H13FN2O6/c1-4-2-12-9(17)13(7(4)16)8-10(11,18)6(15)5(3-14)19-8/h2,5-6,8,14-15,18H,3H2,1H3,(H,12,17)/t5-,6-,8?,10+/m0/s1. The molecular formula is C10H13FN2O6. The van der Waals surface area contributed by atoms with E-state index in [9.17, 15) is 24.2 Å². The molecule has 0 radical (unpaired) electrons. The van der Waals surface area contributed by atoms with Crippen LogP contribution in [0.5, 0.6) is 0 Å². The smallest absolute Gasteiger partial charge is 0.330 e. The molecule has 1 unspecified atom stereocenters. The molecule has 2 heterocycles. The van der Waals surface area contributed by atoms with Crippen LogP contribution >= 0.6 is 0 Å². The van der Waals surface area contributed by atoms with Crippen LogP contribution < -0.4 is 11.2 Å². The maximum Gasteiger partial charge on any atom is 0.330 e. The summed E-state index contributed by atoms with van der Waals surface area (Å²) in [6, 6.07) is 0. The Morgan fingerprint density at radius 1 is 1.58 bits per heavy atom. The molecule has 0 aliphatic carbocycles. The first-order valence-corrected chi connectivity index (χ1v) is 5.47. The van der Waals surface area contributed by atoms with E-state index in [1.54, 1.807) is 0 Å². The fourth-order valence-corrected chi connectivity index (χ4v) is 1.92. The Labute approximate surface area is 105 Å². The number of nitrogens with zero attached hydrogens (tertiary/aromatic N) is 1. The van der Waals surface area contributed by atoms with Crippen molar-refractivity contribution in [1.82, 2.24) is 9.55 Å². The van der Waals surface area contributed by atoms with E-state index in [-0.39, 0.29) is 5.56 Å². The van der Waals surface area contributed by atoms with Crippen LogP contribution in [0.3, 0.4) is 0 Å². The van der Waals surface area contributed by atoms with Gasteiger partial charge in [0.1, 0.15) is 12.2 Å². The monoisotopic (exact) mass is 276 g/mol. The lowest BCUT2D eigenvalue weighted by atomic mass is 10.1. The zero-order valence-corrected chi connectivity index (χ0v) is 9.91. The number of halogens is 1. The highest BCUT2D eigenvalue weighted by Crippen LogP contribution is 2.38. The summed E-state index contributed by atoms with van der Waals surface area (Å²) in [7, 11) is 0. The van der Waals surface area contributed by atoms with Gasteiger partial charge in [0.25, 0.3) is 11.4 Å². The highest BCUT2D eigenvalue weighted by Gasteiger charge is 2.58. The lowest BCUT2D eigenvalue weighted by Crippen LogP contribution is -2.49. The van der Waals surface area contributed by atoms with Gasteiger partial charge in [0.2, 0.25) is 6.23 Å². The maximum absolute atomic E-state index is 14.0. The molecule has 4 atom stereocenters. The third kappa shape index (κ3) is 2.00. The zero-order valence-electron chi connectivity index (χ0n) is 9.91. The van der Waals surface area contributed by atoms with Gasteiger partial charge in [-0.1, -0.05) is 0 Å². The molecule has 4 N–H and O–H groups in total. The molecule has 0 aromatic carbocycles. The molecule has 0 amide bonds. The van der Waals surface area contributed by atoms with E-state index in [1.807, 2.05) is 0 Å². The van der Waals surface area contributed by atoms with E-state index in [0.29, 0.717) is 4.57 Å². The number of aromatic nitrogens is 2. The fraction of sp³-hybridized carbons (Fsp3) is 0.600. The third-order valence-electron chi connectivity index (χ3n) is 3.02. The lowest BCUT2D eigenvalue weighted by Gasteiger charge is -2.22. The second-order valence-electron chi connectivity index (χ2n) is 4.33. The Morgan fingerprint density at radius 3 is 2.74 bits per heavy atom. The van der Waals surface area contributed by atoms with Gasteiger partial charge in [-0.25, -0.2) is 13.8 Å². The quantitative estimate of drug-likeness (QED) is 0.484. The summed E-state index contributed by atoms with van der Waals surface area (Å²) in [6.07, 6.45) is -4.41. The molecule has 0 saturated carbocycles. The predicted molar refractivity (Wildman–Crippen MR) is 59.1 cm³/mol. The maximum atomic E-state index is 14.0. The highest BCUT2D eigenvalue weighted by molar-refractivity contribution is 5.04. The van der Waals surface area contributed by atoms with Crippen molar-refractivity contribution in [2.75, 3.05) is 6.61 Å². The molecule has 0 spiro atoms. The van der Waals surface area contributed by atoms with Crippen LogP contribution in [0, 0.1) is 6.92 Å². The van der Waals surface area contributed by atoms with Gasteiger partial charge in [-0.2, -0.15) is 0 Å². The number of aryl methyl sites for hydroxylation is 1. The van der Waals surface area contributed by atoms with Crippen molar-refractivity contribution in [1.29, 1.82) is 0 Å². The van der Waals surface area contributed by atoms with Crippen molar-refractivity contribution in [3.63, 3.8) is 0 Å². The Kier molecular flexibility index (Phi) is 3.31. The van der Waals surface area contributed by atoms with Crippen LogP contribution in [0.1, 0.15) is 11.8 Å². The van der Waals surface area contributed by atoms with E-state index in [2.05, 4.69) is 4.98 Å². The van der Waals surface area contributed by atoms with E-state index in [0.717, 1.165) is 6.20 Å². The summed E-state index contributed by atoms with van der Waals surface area (Å²) < 4.78 is 19.2. The molecule has 1 aromatic heterocycles. The van der Waals surface area contributed by atoms with E-state index in [4.69, 9.17) is 9.84 Å². The van der Waals surface area contributed by atoms with Crippen LogP contribution in [0.2, 0.25) is 0 Å². The van der Waals surface area contributed by atoms with Gasteiger partial charge < -0.3 is 25.0 Å². The summed E-state index contributed by atoms with van der Waals surface area (Å²) in [4.78, 5) is 25.6. The first kappa shape index (κ1) is 13.9. The molecule has 1 saturated heterocycles. The largest absolute Gasteiger partial charge is 0.394 e. The Balaban J connectivity index is 2.58. The topological polar surface area (TPSA) is 125 Å². The van der Waals surface area contributed by atoms with Crippen LogP contribution in [0.15, 0.2) is 15.8 Å². The number of hydrogen-bond donors (Lipinski definition) is 4. The van der Waals surface area contributed by atoms with Crippen molar-refractivity contribution in [2.45, 2.75) is 31.2 Å².